The maximum Gasteiger partial charge on any atom is 0.246 e. The van der Waals surface area contributed by atoms with Gasteiger partial charge in [0.15, 0.2) is 0 Å². The average molecular weight is 379 g/mol. The van der Waals surface area contributed by atoms with Crippen LogP contribution in [-0.4, -0.2) is 38.8 Å². The minimum Gasteiger partial charge on any atom is -0.374 e. The zero-order chi connectivity index (χ0) is 19.5. The summed E-state index contributed by atoms with van der Waals surface area (Å²) in [5, 5.41) is 5.65. The van der Waals surface area contributed by atoms with Gasteiger partial charge in [-0.25, -0.2) is 17.1 Å². The molecule has 0 aromatic heterocycles. The molecular weight excluding hydrogens is 357 g/mol. The molecule has 140 valence electrons. The number of halogens is 1. The van der Waals surface area contributed by atoms with Crippen LogP contribution >= 0.6 is 0 Å². The molecule has 0 radical (unpaired) electrons. The number of sulfonamides is 1. The van der Waals surface area contributed by atoms with Crippen molar-refractivity contribution >= 4 is 27.3 Å². The van der Waals surface area contributed by atoms with Crippen molar-refractivity contribution in [2.45, 2.75) is 24.8 Å². The van der Waals surface area contributed by atoms with Gasteiger partial charge in [0.05, 0.1) is 4.90 Å². The lowest BCUT2D eigenvalue weighted by Gasteiger charge is -2.18. The molecule has 26 heavy (non-hydrogen) atoms. The Balaban J connectivity index is 2.15. The van der Waals surface area contributed by atoms with E-state index in [4.69, 9.17) is 0 Å². The van der Waals surface area contributed by atoms with Crippen molar-refractivity contribution in [1.82, 2.24) is 4.31 Å². The van der Waals surface area contributed by atoms with Crippen molar-refractivity contribution in [3.8, 4) is 0 Å². The van der Waals surface area contributed by atoms with E-state index in [1.54, 1.807) is 26.0 Å². The van der Waals surface area contributed by atoms with Crippen LogP contribution in [0.3, 0.4) is 0 Å². The maximum absolute atomic E-state index is 12.9. The second-order valence-electron chi connectivity index (χ2n) is 6.13. The van der Waals surface area contributed by atoms with Crippen LogP contribution in [0.2, 0.25) is 0 Å². The molecule has 2 rings (SSSR count). The highest BCUT2D eigenvalue weighted by Gasteiger charge is 2.21. The molecule has 8 heteroatoms. The highest BCUT2D eigenvalue weighted by Crippen LogP contribution is 2.23. The molecule has 0 saturated heterocycles. The summed E-state index contributed by atoms with van der Waals surface area (Å²) < 4.78 is 38.8. The van der Waals surface area contributed by atoms with Crippen molar-refractivity contribution in [3.05, 3.63) is 53.8 Å². The number of anilines is 2. The lowest BCUT2D eigenvalue weighted by Crippen LogP contribution is -2.32. The summed E-state index contributed by atoms with van der Waals surface area (Å²) in [6.45, 7) is 3.36. The molecule has 0 aliphatic rings. The summed E-state index contributed by atoms with van der Waals surface area (Å²) in [5.74, 6) is -0.711. The Morgan fingerprint density at radius 1 is 1.08 bits per heavy atom. The van der Waals surface area contributed by atoms with Crippen molar-refractivity contribution in [2.24, 2.45) is 0 Å². The van der Waals surface area contributed by atoms with Crippen LogP contribution in [0.5, 0.6) is 0 Å². The number of hydrogen-bond acceptors (Lipinski definition) is 4. The smallest absolute Gasteiger partial charge is 0.246 e. The van der Waals surface area contributed by atoms with Gasteiger partial charge in [0.2, 0.25) is 15.9 Å². The third-order valence-electron chi connectivity index (χ3n) is 3.83. The first kappa shape index (κ1) is 19.9. The Kier molecular flexibility index (Phi) is 5.99. The number of amides is 1. The number of carbonyl (C=O) groups excluding carboxylic acids is 1. The molecule has 0 unspecified atom stereocenters. The van der Waals surface area contributed by atoms with Crippen LogP contribution in [0.1, 0.15) is 12.5 Å². The van der Waals surface area contributed by atoms with Gasteiger partial charge in [-0.3, -0.25) is 4.79 Å². The summed E-state index contributed by atoms with van der Waals surface area (Å²) in [6.07, 6.45) is 0. The Labute approximate surface area is 153 Å². The van der Waals surface area contributed by atoms with E-state index in [0.717, 1.165) is 4.31 Å². The van der Waals surface area contributed by atoms with E-state index in [2.05, 4.69) is 10.6 Å². The van der Waals surface area contributed by atoms with Crippen LogP contribution < -0.4 is 10.6 Å². The fourth-order valence-corrected chi connectivity index (χ4v) is 3.41. The molecule has 6 nitrogen and oxygen atoms in total. The minimum atomic E-state index is -3.58. The Hall–Kier alpha value is -2.45. The standard InChI is InChI=1S/C18H22FN3O3S/c1-12-5-8-16(11-17(12)26(24,25)22(3)4)20-13(2)18(23)21-15-9-6-14(19)7-10-15/h5-11,13,20H,1-4H3,(H,21,23)/t13-/m0/s1. The van der Waals surface area contributed by atoms with Crippen molar-refractivity contribution in [3.63, 3.8) is 0 Å². The SMILES string of the molecule is Cc1ccc(N[C@@H](C)C(=O)Nc2ccc(F)cc2)cc1S(=O)(=O)N(C)C. The van der Waals surface area contributed by atoms with Gasteiger partial charge >= 0.3 is 0 Å². The van der Waals surface area contributed by atoms with Gasteiger partial charge in [-0.2, -0.15) is 0 Å². The number of benzene rings is 2. The first-order chi connectivity index (χ1) is 12.1. The van der Waals surface area contributed by atoms with Crippen LogP contribution in [0.25, 0.3) is 0 Å². The molecule has 1 amide bonds. The van der Waals surface area contributed by atoms with Crippen LogP contribution in [-0.2, 0) is 14.8 Å². The van der Waals surface area contributed by atoms with Crippen LogP contribution in [0, 0.1) is 12.7 Å². The maximum atomic E-state index is 12.9. The molecule has 2 N–H and O–H groups in total. The van der Waals surface area contributed by atoms with E-state index < -0.39 is 16.1 Å². The van der Waals surface area contributed by atoms with Crippen molar-refractivity contribution in [1.29, 1.82) is 0 Å². The second kappa shape index (κ2) is 7.84. The van der Waals surface area contributed by atoms with E-state index in [0.29, 0.717) is 16.9 Å². The molecule has 2 aromatic rings. The lowest BCUT2D eigenvalue weighted by atomic mass is 10.2. The summed E-state index contributed by atoms with van der Waals surface area (Å²) in [5.41, 5.74) is 1.61. The topological polar surface area (TPSA) is 78.5 Å². The van der Waals surface area contributed by atoms with Crippen molar-refractivity contribution in [2.75, 3.05) is 24.7 Å². The zero-order valence-electron chi connectivity index (χ0n) is 15.1. The second-order valence-corrected chi connectivity index (χ2v) is 8.25. The highest BCUT2D eigenvalue weighted by atomic mass is 32.2. The molecular formula is C18H22FN3O3S. The van der Waals surface area contributed by atoms with E-state index >= 15 is 0 Å². The molecule has 0 aliphatic heterocycles. The summed E-state index contributed by atoms with van der Waals surface area (Å²) >= 11 is 0. The molecule has 0 heterocycles. The monoisotopic (exact) mass is 379 g/mol. The van der Waals surface area contributed by atoms with E-state index in [9.17, 15) is 17.6 Å². The number of carbonyl (C=O) groups is 1. The summed E-state index contributed by atoms with van der Waals surface area (Å²) in [7, 11) is -0.650. The number of hydrogen-bond donors (Lipinski definition) is 2. The van der Waals surface area contributed by atoms with Crippen molar-refractivity contribution < 1.29 is 17.6 Å². The fourth-order valence-electron chi connectivity index (χ4n) is 2.26. The van der Waals surface area contributed by atoms with Gasteiger partial charge in [-0.05, 0) is 55.8 Å². The molecule has 0 aliphatic carbocycles. The third-order valence-corrected chi connectivity index (χ3v) is 5.79. The lowest BCUT2D eigenvalue weighted by molar-refractivity contribution is -0.116. The quantitative estimate of drug-likeness (QED) is 0.809. The predicted octanol–water partition coefficient (Wildman–Crippen LogP) is 2.82. The third kappa shape index (κ3) is 4.59. The molecule has 0 spiro atoms. The van der Waals surface area contributed by atoms with E-state index in [-0.39, 0.29) is 16.6 Å². The molecule has 1 atom stereocenters. The Bertz CT molecular complexity index is 896. The van der Waals surface area contributed by atoms with Gasteiger partial charge in [0.1, 0.15) is 11.9 Å². The first-order valence-electron chi connectivity index (χ1n) is 7.97. The van der Waals surface area contributed by atoms with Crippen LogP contribution in [0.4, 0.5) is 15.8 Å². The number of rotatable bonds is 6. The van der Waals surface area contributed by atoms with Gasteiger partial charge in [0, 0.05) is 25.5 Å². The van der Waals surface area contributed by atoms with Gasteiger partial charge < -0.3 is 10.6 Å². The fraction of sp³-hybridized carbons (Fsp3) is 0.278. The number of nitrogens with one attached hydrogen (secondary N) is 2. The van der Waals surface area contributed by atoms with Crippen LogP contribution in [0.15, 0.2) is 47.4 Å². The van der Waals surface area contributed by atoms with E-state index in [1.807, 2.05) is 0 Å². The molecule has 2 aromatic carbocycles. The first-order valence-corrected chi connectivity index (χ1v) is 9.41. The Morgan fingerprint density at radius 2 is 1.65 bits per heavy atom. The summed E-state index contributed by atoms with van der Waals surface area (Å²) in [4.78, 5) is 12.4. The molecule has 0 saturated carbocycles. The number of nitrogens with zero attached hydrogens (tertiary/aromatic N) is 1. The zero-order valence-corrected chi connectivity index (χ0v) is 15.9. The van der Waals surface area contributed by atoms with E-state index in [1.165, 1.54) is 44.4 Å². The van der Waals surface area contributed by atoms with Gasteiger partial charge in [0.25, 0.3) is 0 Å². The number of aryl methyl sites for hydroxylation is 1. The Morgan fingerprint density at radius 3 is 2.23 bits per heavy atom. The average Bonchev–Trinajstić information content (AvgIpc) is 2.58. The van der Waals surface area contributed by atoms with Gasteiger partial charge in [-0.1, -0.05) is 6.07 Å². The molecule has 0 bridgehead atoms. The molecule has 0 fully saturated rings. The largest absolute Gasteiger partial charge is 0.374 e. The summed E-state index contributed by atoms with van der Waals surface area (Å²) in [6, 6.07) is 9.72. The predicted molar refractivity (Wildman–Crippen MR) is 100 cm³/mol. The minimum absolute atomic E-state index is 0.179. The van der Waals surface area contributed by atoms with Gasteiger partial charge in [-0.15, -0.1) is 0 Å². The highest BCUT2D eigenvalue weighted by molar-refractivity contribution is 7.89. The normalized spacial score (nSPS) is 12.7.